The number of carbonyl (C=O) groups excluding carboxylic acids is 1. The van der Waals surface area contributed by atoms with Crippen LogP contribution in [0.25, 0.3) is 0 Å². The van der Waals surface area contributed by atoms with E-state index in [1.165, 1.54) is 5.56 Å². The second kappa shape index (κ2) is 9.33. The smallest absolute Gasteiger partial charge is 0.168 e. The summed E-state index contributed by atoms with van der Waals surface area (Å²) in [5.41, 5.74) is 2.96. The highest BCUT2D eigenvalue weighted by molar-refractivity contribution is 6.00. The van der Waals surface area contributed by atoms with Crippen LogP contribution in [0.1, 0.15) is 53.3 Å². The van der Waals surface area contributed by atoms with Crippen molar-refractivity contribution in [2.45, 2.75) is 38.3 Å². The van der Waals surface area contributed by atoms with E-state index in [0.717, 1.165) is 29.3 Å². The highest BCUT2D eigenvalue weighted by Crippen LogP contribution is 2.36. The average Bonchev–Trinajstić information content (AvgIpc) is 3.29. The molecule has 0 saturated heterocycles. The van der Waals surface area contributed by atoms with Crippen molar-refractivity contribution < 1.29 is 9.53 Å². The first kappa shape index (κ1) is 21.0. The van der Waals surface area contributed by atoms with Crippen molar-refractivity contribution in [1.29, 1.82) is 0 Å². The van der Waals surface area contributed by atoms with Crippen LogP contribution < -0.4 is 10.1 Å². The van der Waals surface area contributed by atoms with E-state index in [2.05, 4.69) is 41.6 Å². The second-order valence-electron chi connectivity index (χ2n) is 8.53. The number of anilines is 1. The van der Waals surface area contributed by atoms with Gasteiger partial charge in [0.1, 0.15) is 17.3 Å². The van der Waals surface area contributed by atoms with Crippen LogP contribution in [0, 0.1) is 0 Å². The molecule has 0 amide bonds. The molecule has 5 heteroatoms. The van der Waals surface area contributed by atoms with Crippen molar-refractivity contribution >= 4 is 11.6 Å². The topological polar surface area (TPSA) is 56.1 Å². The highest BCUT2D eigenvalue weighted by atomic mass is 16.5. The van der Waals surface area contributed by atoms with Gasteiger partial charge in [0.15, 0.2) is 5.78 Å². The van der Waals surface area contributed by atoms with Gasteiger partial charge in [0.25, 0.3) is 0 Å². The van der Waals surface area contributed by atoms with Gasteiger partial charge in [0, 0.05) is 6.42 Å². The molecular formula is C28H27N3O2. The molecule has 1 aliphatic heterocycles. The van der Waals surface area contributed by atoms with E-state index in [1.807, 2.05) is 65.3 Å². The summed E-state index contributed by atoms with van der Waals surface area (Å²) in [4.78, 5) is 13.2. The fraction of sp³-hybridized carbons (Fsp3) is 0.214. The second-order valence-corrected chi connectivity index (χ2v) is 8.53. The molecule has 1 aliphatic rings. The number of fused-ring (bicyclic) bond motifs is 1. The van der Waals surface area contributed by atoms with Gasteiger partial charge in [0.2, 0.25) is 0 Å². The number of ketones is 1. The number of nitrogens with one attached hydrogen (secondary N) is 1. The summed E-state index contributed by atoms with van der Waals surface area (Å²) in [5.74, 6) is 2.49. The predicted molar refractivity (Wildman–Crippen MR) is 130 cm³/mol. The Morgan fingerprint density at radius 1 is 1.00 bits per heavy atom. The number of benzene rings is 3. The summed E-state index contributed by atoms with van der Waals surface area (Å²) in [6, 6.07) is 28.4. The molecule has 4 aromatic rings. The van der Waals surface area contributed by atoms with Gasteiger partial charge in [-0.2, -0.15) is 5.10 Å². The number of hydrogen-bond acceptors (Lipinski definition) is 4. The van der Waals surface area contributed by atoms with Crippen LogP contribution in [0.2, 0.25) is 0 Å². The van der Waals surface area contributed by atoms with Gasteiger partial charge >= 0.3 is 0 Å². The Balaban J connectivity index is 1.28. The van der Waals surface area contributed by atoms with Crippen LogP contribution in [0.4, 0.5) is 5.82 Å². The Morgan fingerprint density at radius 2 is 1.73 bits per heavy atom. The van der Waals surface area contributed by atoms with Crippen LogP contribution in [-0.2, 0) is 6.42 Å². The lowest BCUT2D eigenvalue weighted by atomic mass is 9.97. The highest BCUT2D eigenvalue weighted by Gasteiger charge is 2.29. The number of carbonyl (C=O) groups is 1. The molecule has 0 radical (unpaired) electrons. The lowest BCUT2D eigenvalue weighted by Crippen LogP contribution is -2.26. The van der Waals surface area contributed by atoms with E-state index in [0.29, 0.717) is 18.4 Å². The first-order chi connectivity index (χ1) is 16.2. The van der Waals surface area contributed by atoms with Crippen LogP contribution >= 0.6 is 0 Å². The zero-order valence-corrected chi connectivity index (χ0v) is 18.6. The average molecular weight is 438 g/mol. The third-order valence-electron chi connectivity index (χ3n) is 6.12. The molecule has 33 heavy (non-hydrogen) atoms. The molecule has 1 aromatic heterocycles. The third kappa shape index (κ3) is 4.67. The van der Waals surface area contributed by atoms with Crippen molar-refractivity contribution in [3.05, 3.63) is 108 Å². The molecule has 2 heterocycles. The molecule has 5 nitrogen and oxygen atoms in total. The van der Waals surface area contributed by atoms with E-state index in [4.69, 9.17) is 4.74 Å². The van der Waals surface area contributed by atoms with Crippen molar-refractivity contribution in [3.63, 3.8) is 0 Å². The van der Waals surface area contributed by atoms with Gasteiger partial charge < -0.3 is 10.1 Å². The molecule has 3 aromatic carbocycles. The Kier molecular flexibility index (Phi) is 5.94. The maximum absolute atomic E-state index is 13.2. The SMILES string of the molecule is CC1CC(c2ccccc2)Nc2c(C(=O)CCc3cccc(Oc4ccccc4)c3)cnn21. The largest absolute Gasteiger partial charge is 0.457 e. The van der Waals surface area contributed by atoms with Crippen molar-refractivity contribution in [1.82, 2.24) is 9.78 Å². The van der Waals surface area contributed by atoms with E-state index >= 15 is 0 Å². The molecule has 0 saturated carbocycles. The summed E-state index contributed by atoms with van der Waals surface area (Å²) >= 11 is 0. The molecule has 0 fully saturated rings. The van der Waals surface area contributed by atoms with Crippen molar-refractivity contribution in [2.24, 2.45) is 0 Å². The number of para-hydroxylation sites is 1. The molecule has 2 atom stereocenters. The molecule has 0 aliphatic carbocycles. The van der Waals surface area contributed by atoms with Crippen LogP contribution in [0.5, 0.6) is 11.5 Å². The number of rotatable bonds is 7. The summed E-state index contributed by atoms with van der Waals surface area (Å²) < 4.78 is 7.88. The first-order valence-electron chi connectivity index (χ1n) is 11.4. The van der Waals surface area contributed by atoms with Crippen molar-refractivity contribution in [2.75, 3.05) is 5.32 Å². The van der Waals surface area contributed by atoms with Gasteiger partial charge in [-0.25, -0.2) is 4.68 Å². The number of aromatic nitrogens is 2. The Morgan fingerprint density at radius 3 is 2.52 bits per heavy atom. The van der Waals surface area contributed by atoms with Crippen molar-refractivity contribution in [3.8, 4) is 11.5 Å². The number of ether oxygens (including phenoxy) is 1. The maximum Gasteiger partial charge on any atom is 0.168 e. The number of aryl methyl sites for hydroxylation is 1. The Bertz CT molecular complexity index is 1230. The lowest BCUT2D eigenvalue weighted by molar-refractivity contribution is 0.0983. The predicted octanol–water partition coefficient (Wildman–Crippen LogP) is 6.61. The van der Waals surface area contributed by atoms with E-state index in [9.17, 15) is 4.79 Å². The number of hydrogen-bond donors (Lipinski definition) is 1. The summed E-state index contributed by atoms with van der Waals surface area (Å²) in [6.07, 6.45) is 3.71. The fourth-order valence-corrected chi connectivity index (χ4v) is 4.40. The minimum Gasteiger partial charge on any atom is -0.457 e. The fourth-order valence-electron chi connectivity index (χ4n) is 4.40. The molecular weight excluding hydrogens is 410 g/mol. The van der Waals surface area contributed by atoms with Crippen LogP contribution in [0.3, 0.4) is 0 Å². The minimum absolute atomic E-state index is 0.0963. The first-order valence-corrected chi connectivity index (χ1v) is 11.4. The quantitative estimate of drug-likeness (QED) is 0.331. The summed E-state index contributed by atoms with van der Waals surface area (Å²) in [6.45, 7) is 2.15. The van der Waals surface area contributed by atoms with E-state index in [-0.39, 0.29) is 17.9 Å². The van der Waals surface area contributed by atoms with Crippen LogP contribution in [0.15, 0.2) is 91.1 Å². The molecule has 1 N–H and O–H groups in total. The molecule has 0 bridgehead atoms. The Hall–Kier alpha value is -3.86. The standard InChI is InChI=1S/C28H27N3O2/c1-20-17-26(22-10-4-2-5-11-22)30-28-25(19-29-31(20)28)27(32)16-15-21-9-8-14-24(18-21)33-23-12-6-3-7-13-23/h2-14,18-20,26,30H,15-17H2,1H3. The van der Waals surface area contributed by atoms with Gasteiger partial charge in [-0.05, 0) is 55.2 Å². The van der Waals surface area contributed by atoms with Gasteiger partial charge in [-0.3, -0.25) is 4.79 Å². The summed E-state index contributed by atoms with van der Waals surface area (Å²) in [7, 11) is 0. The van der Waals surface area contributed by atoms with Gasteiger partial charge in [-0.1, -0.05) is 60.7 Å². The number of nitrogens with zero attached hydrogens (tertiary/aromatic N) is 2. The van der Waals surface area contributed by atoms with Gasteiger partial charge in [0.05, 0.1) is 23.8 Å². The number of Topliss-reactive ketones (excluding diaryl/α,β-unsaturated/α-hetero) is 1. The minimum atomic E-state index is 0.0963. The third-order valence-corrected chi connectivity index (χ3v) is 6.12. The zero-order valence-electron chi connectivity index (χ0n) is 18.6. The zero-order chi connectivity index (χ0) is 22.6. The normalized spacial score (nSPS) is 17.1. The Labute approximate surface area is 194 Å². The maximum atomic E-state index is 13.2. The molecule has 5 rings (SSSR count). The van der Waals surface area contributed by atoms with Crippen LogP contribution in [-0.4, -0.2) is 15.6 Å². The molecule has 2 unspecified atom stereocenters. The molecule has 166 valence electrons. The molecule has 0 spiro atoms. The van der Waals surface area contributed by atoms with E-state index < -0.39 is 0 Å². The lowest BCUT2D eigenvalue weighted by Gasteiger charge is -2.31. The summed E-state index contributed by atoms with van der Waals surface area (Å²) in [5, 5.41) is 8.08. The van der Waals surface area contributed by atoms with E-state index in [1.54, 1.807) is 6.20 Å². The van der Waals surface area contributed by atoms with Gasteiger partial charge in [-0.15, -0.1) is 0 Å². The monoisotopic (exact) mass is 437 g/mol.